The lowest BCUT2D eigenvalue weighted by molar-refractivity contribution is -0.167. The SMILES string of the molecule is COc1ccc2c3c1OC1c4nc5ccccc5cc4CC4(O)C(C2)N(C)CC[C@]314. The van der Waals surface area contributed by atoms with Crippen LogP contribution in [0.2, 0.25) is 0 Å². The van der Waals surface area contributed by atoms with Gasteiger partial charge in [-0.1, -0.05) is 24.3 Å². The van der Waals surface area contributed by atoms with Gasteiger partial charge in [0, 0.05) is 23.4 Å². The van der Waals surface area contributed by atoms with E-state index in [0.717, 1.165) is 53.0 Å². The summed E-state index contributed by atoms with van der Waals surface area (Å²) in [6, 6.07) is 14.7. The van der Waals surface area contributed by atoms with Gasteiger partial charge < -0.3 is 19.5 Å². The van der Waals surface area contributed by atoms with Crippen LogP contribution in [0.4, 0.5) is 0 Å². The molecule has 5 heteroatoms. The van der Waals surface area contributed by atoms with Crippen LogP contribution in [0.25, 0.3) is 10.9 Å². The number of benzene rings is 2. The Morgan fingerprint density at radius 2 is 2.07 bits per heavy atom. The summed E-state index contributed by atoms with van der Waals surface area (Å²) in [6.45, 7) is 0.936. The molecule has 3 aromatic rings. The van der Waals surface area contributed by atoms with Crippen molar-refractivity contribution in [2.24, 2.45) is 0 Å². The smallest absolute Gasteiger partial charge is 0.166 e. The van der Waals surface area contributed by atoms with Gasteiger partial charge in [0.15, 0.2) is 17.6 Å². The second-order valence-corrected chi connectivity index (χ2v) is 9.38. The number of para-hydroxylation sites is 1. The Hall–Kier alpha value is -2.63. The maximum Gasteiger partial charge on any atom is 0.166 e. The number of ether oxygens (including phenoxy) is 2. The number of likely N-dealkylation sites (N-methyl/N-ethyl adjacent to an activating group) is 1. The summed E-state index contributed by atoms with van der Waals surface area (Å²) in [7, 11) is 3.83. The van der Waals surface area contributed by atoms with E-state index in [9.17, 15) is 5.11 Å². The maximum atomic E-state index is 12.5. The van der Waals surface area contributed by atoms with E-state index in [-0.39, 0.29) is 12.1 Å². The standard InChI is InChI=1S/C25H24N2O3/c1-27-10-9-24-20-15-7-8-18(29-2)22(20)30-23(24)21-16(13-25(24,28)19(27)12-15)11-14-5-3-4-6-17(14)26-21/h3-8,11,19,23,28H,9-10,12-13H2,1-2H3/t19?,23?,24-,25?/m0/s1. The lowest BCUT2D eigenvalue weighted by atomic mass is 9.49. The summed E-state index contributed by atoms with van der Waals surface area (Å²) in [4.78, 5) is 7.43. The molecule has 1 aromatic heterocycles. The maximum absolute atomic E-state index is 12.5. The number of hydrogen-bond acceptors (Lipinski definition) is 5. The van der Waals surface area contributed by atoms with Crippen LogP contribution in [0, 0.1) is 0 Å². The van der Waals surface area contributed by atoms with Crippen molar-refractivity contribution in [3.05, 3.63) is 64.8 Å². The molecule has 5 nitrogen and oxygen atoms in total. The molecule has 3 unspecified atom stereocenters. The number of rotatable bonds is 1. The van der Waals surface area contributed by atoms with Gasteiger partial charge >= 0.3 is 0 Å². The van der Waals surface area contributed by atoms with Crippen LogP contribution in [-0.2, 0) is 18.3 Å². The molecule has 0 saturated carbocycles. The van der Waals surface area contributed by atoms with E-state index in [1.807, 2.05) is 18.2 Å². The number of piperidine rings is 1. The zero-order valence-electron chi connectivity index (χ0n) is 17.2. The highest BCUT2D eigenvalue weighted by Gasteiger charge is 2.72. The average Bonchev–Trinajstić information content (AvgIpc) is 3.10. The van der Waals surface area contributed by atoms with Crippen LogP contribution in [0.3, 0.4) is 0 Å². The number of nitrogens with zero attached hydrogens (tertiary/aromatic N) is 2. The summed E-state index contributed by atoms with van der Waals surface area (Å²) >= 11 is 0. The second-order valence-electron chi connectivity index (χ2n) is 9.38. The summed E-state index contributed by atoms with van der Waals surface area (Å²) in [5, 5.41) is 13.6. The van der Waals surface area contributed by atoms with Gasteiger partial charge in [-0.2, -0.15) is 0 Å². The van der Waals surface area contributed by atoms with Crippen LogP contribution >= 0.6 is 0 Å². The molecule has 2 bridgehead atoms. The topological polar surface area (TPSA) is 54.8 Å². The monoisotopic (exact) mass is 400 g/mol. The largest absolute Gasteiger partial charge is 0.493 e. The minimum Gasteiger partial charge on any atom is -0.493 e. The van der Waals surface area contributed by atoms with E-state index in [2.05, 4.69) is 36.2 Å². The van der Waals surface area contributed by atoms with Gasteiger partial charge in [-0.15, -0.1) is 0 Å². The summed E-state index contributed by atoms with van der Waals surface area (Å²) in [5.74, 6) is 1.56. The fraction of sp³-hybridized carbons (Fsp3) is 0.400. The number of likely N-dealkylation sites (tertiary alicyclic amines) is 1. The van der Waals surface area contributed by atoms with Crippen LogP contribution in [0.15, 0.2) is 42.5 Å². The van der Waals surface area contributed by atoms with Crippen LogP contribution in [-0.4, -0.2) is 47.3 Å². The van der Waals surface area contributed by atoms with E-state index >= 15 is 0 Å². The Bertz CT molecular complexity index is 1240. The molecule has 4 atom stereocenters. The van der Waals surface area contributed by atoms with Crippen molar-refractivity contribution in [1.29, 1.82) is 0 Å². The normalized spacial score (nSPS) is 33.0. The Balaban J connectivity index is 1.58. The molecular formula is C25H24N2O3. The molecule has 2 aliphatic carbocycles. The second kappa shape index (κ2) is 5.34. The first-order chi connectivity index (χ1) is 14.6. The van der Waals surface area contributed by atoms with Crippen LogP contribution in [0.1, 0.15) is 34.9 Å². The molecule has 0 radical (unpaired) electrons. The van der Waals surface area contributed by atoms with E-state index in [0.29, 0.717) is 6.42 Å². The van der Waals surface area contributed by atoms with Crippen molar-refractivity contribution in [3.63, 3.8) is 0 Å². The number of methoxy groups -OCH3 is 1. The van der Waals surface area contributed by atoms with Gasteiger partial charge in [0.1, 0.15) is 0 Å². The van der Waals surface area contributed by atoms with Gasteiger partial charge in [0.05, 0.1) is 29.3 Å². The Morgan fingerprint density at radius 1 is 1.20 bits per heavy atom. The zero-order valence-corrected chi connectivity index (χ0v) is 17.2. The molecule has 1 saturated heterocycles. The quantitative estimate of drug-likeness (QED) is 0.680. The number of aromatic nitrogens is 1. The molecular weight excluding hydrogens is 376 g/mol. The van der Waals surface area contributed by atoms with Gasteiger partial charge in [-0.25, -0.2) is 4.98 Å². The lowest BCUT2D eigenvalue weighted by Crippen LogP contribution is -2.74. The third kappa shape index (κ3) is 1.73. The zero-order chi connectivity index (χ0) is 20.3. The molecule has 1 spiro atoms. The summed E-state index contributed by atoms with van der Waals surface area (Å²) < 4.78 is 12.4. The number of fused-ring (bicyclic) bond motifs is 3. The highest BCUT2D eigenvalue weighted by molar-refractivity contribution is 5.80. The van der Waals surface area contributed by atoms with Crippen molar-refractivity contribution in [2.75, 3.05) is 20.7 Å². The average molecular weight is 400 g/mol. The molecule has 152 valence electrons. The van der Waals surface area contributed by atoms with E-state index in [4.69, 9.17) is 14.5 Å². The summed E-state index contributed by atoms with van der Waals surface area (Å²) in [6.07, 6.45) is 1.98. The highest BCUT2D eigenvalue weighted by atomic mass is 16.5. The van der Waals surface area contributed by atoms with Gasteiger partial charge in [0.25, 0.3) is 0 Å². The third-order valence-electron chi connectivity index (χ3n) is 8.23. The molecule has 2 aromatic carbocycles. The molecule has 0 amide bonds. The third-order valence-corrected chi connectivity index (χ3v) is 8.23. The van der Waals surface area contributed by atoms with Crippen molar-refractivity contribution in [2.45, 2.75) is 42.4 Å². The van der Waals surface area contributed by atoms with E-state index in [1.165, 1.54) is 11.1 Å². The number of hydrogen-bond donors (Lipinski definition) is 1. The van der Waals surface area contributed by atoms with Crippen LogP contribution in [0.5, 0.6) is 11.5 Å². The van der Waals surface area contributed by atoms with Crippen molar-refractivity contribution in [3.8, 4) is 11.5 Å². The molecule has 4 aliphatic rings. The first-order valence-electron chi connectivity index (χ1n) is 10.7. The Kier molecular flexibility index (Phi) is 3.04. The van der Waals surface area contributed by atoms with E-state index in [1.54, 1.807) is 7.11 Å². The molecule has 30 heavy (non-hydrogen) atoms. The fourth-order valence-electron chi connectivity index (χ4n) is 6.91. The number of aliphatic hydroxyl groups is 1. The number of pyridine rings is 1. The molecule has 3 heterocycles. The van der Waals surface area contributed by atoms with Crippen molar-refractivity contribution >= 4 is 10.9 Å². The van der Waals surface area contributed by atoms with E-state index < -0.39 is 11.0 Å². The van der Waals surface area contributed by atoms with Crippen LogP contribution < -0.4 is 9.47 Å². The predicted octanol–water partition coefficient (Wildman–Crippen LogP) is 3.16. The van der Waals surface area contributed by atoms with Gasteiger partial charge in [-0.05, 0) is 55.8 Å². The summed E-state index contributed by atoms with van der Waals surface area (Å²) in [5.41, 5.74) is 4.12. The predicted molar refractivity (Wildman–Crippen MR) is 113 cm³/mol. The Morgan fingerprint density at radius 3 is 2.93 bits per heavy atom. The van der Waals surface area contributed by atoms with Crippen molar-refractivity contribution in [1.82, 2.24) is 9.88 Å². The fourth-order valence-corrected chi connectivity index (χ4v) is 6.91. The first-order valence-corrected chi connectivity index (χ1v) is 10.7. The van der Waals surface area contributed by atoms with Gasteiger partial charge in [-0.3, -0.25) is 0 Å². The lowest BCUT2D eigenvalue weighted by Gasteiger charge is -2.62. The minimum atomic E-state index is -0.896. The minimum absolute atomic E-state index is 0.0591. The van der Waals surface area contributed by atoms with Crippen molar-refractivity contribution < 1.29 is 14.6 Å². The highest BCUT2D eigenvalue weighted by Crippen LogP contribution is 2.68. The molecule has 1 N–H and O–H groups in total. The van der Waals surface area contributed by atoms with Gasteiger partial charge in [0.2, 0.25) is 0 Å². The molecule has 2 aliphatic heterocycles. The first kappa shape index (κ1) is 17.1. The Labute approximate surface area is 175 Å². The molecule has 1 fully saturated rings. The molecule has 7 rings (SSSR count).